The van der Waals surface area contributed by atoms with Gasteiger partial charge < -0.3 is 66.0 Å². The zero-order valence-electron chi connectivity index (χ0n) is 42.7. The molecule has 0 spiro atoms. The van der Waals surface area contributed by atoms with Crippen molar-refractivity contribution in [2.75, 3.05) is 44.5 Å². The third-order valence-electron chi connectivity index (χ3n) is 13.6. The van der Waals surface area contributed by atoms with E-state index in [-0.39, 0.29) is 56.5 Å². The van der Waals surface area contributed by atoms with Gasteiger partial charge in [0.2, 0.25) is 23.6 Å². The van der Waals surface area contributed by atoms with E-state index in [1.54, 1.807) is 51.4 Å². The summed E-state index contributed by atoms with van der Waals surface area (Å²) in [7, 11) is 4.67. The summed E-state index contributed by atoms with van der Waals surface area (Å²) in [5.74, 6) is -3.13. The molecule has 6 amide bonds. The number of phenolic OH excluding ortho intramolecular Hbond substituents is 1. The number of nitrogens with two attached hydrogens (primary N) is 2. The topological polar surface area (TPSA) is 284 Å². The van der Waals surface area contributed by atoms with Gasteiger partial charge in [0, 0.05) is 51.3 Å². The summed E-state index contributed by atoms with van der Waals surface area (Å²) in [6.07, 6.45) is 3.65. The number of carbonyl (C=O) groups is 7. The Labute approximate surface area is 421 Å². The van der Waals surface area contributed by atoms with E-state index in [4.69, 9.17) is 35.2 Å². The Kier molecular flexibility index (Phi) is 20.2. The number of likely N-dealkylation sites (N-methyl/N-ethyl adjacent to an activating group) is 1. The molecule has 2 aromatic carbocycles. The second-order valence-electron chi connectivity index (χ2n) is 19.1. The number of phenols is 1. The van der Waals surface area contributed by atoms with Crippen LogP contribution in [0.25, 0.3) is 0 Å². The summed E-state index contributed by atoms with van der Waals surface area (Å²) < 4.78 is 29.3. The summed E-state index contributed by atoms with van der Waals surface area (Å²) in [6.45, 7) is 9.25. The third-order valence-corrected chi connectivity index (χ3v) is 13.6. The van der Waals surface area contributed by atoms with Crippen molar-refractivity contribution in [1.82, 2.24) is 15.5 Å². The predicted molar refractivity (Wildman–Crippen MR) is 267 cm³/mol. The molecule has 0 aliphatic carbocycles. The Morgan fingerprint density at radius 2 is 1.76 bits per heavy atom. The number of aromatic hydroxyl groups is 1. The number of nitrogens with zero attached hydrogens (tertiary/aromatic N) is 2. The molecule has 2 fully saturated rings. The number of unbranched alkanes of at least 4 members (excludes halogenated alkanes) is 2. The summed E-state index contributed by atoms with van der Waals surface area (Å²) in [5, 5.41) is 19.0. The minimum Gasteiger partial charge on any atom is -0.508 e. The van der Waals surface area contributed by atoms with E-state index in [1.165, 1.54) is 16.8 Å². The Morgan fingerprint density at radius 1 is 1.04 bits per heavy atom. The minimum absolute atomic E-state index is 0.0238. The number of primary amides is 1. The van der Waals surface area contributed by atoms with Crippen molar-refractivity contribution < 1.29 is 62.4 Å². The number of benzene rings is 2. The summed E-state index contributed by atoms with van der Waals surface area (Å²) >= 11 is 0. The number of esters is 1. The van der Waals surface area contributed by atoms with Gasteiger partial charge in [0.1, 0.15) is 36.3 Å². The first kappa shape index (κ1) is 56.4. The largest absolute Gasteiger partial charge is 0.508 e. The van der Waals surface area contributed by atoms with Gasteiger partial charge in [0.25, 0.3) is 0 Å². The summed E-state index contributed by atoms with van der Waals surface area (Å²) in [4.78, 5) is 94.2. The zero-order valence-corrected chi connectivity index (χ0v) is 42.7. The van der Waals surface area contributed by atoms with Crippen LogP contribution < -0.4 is 32.3 Å². The lowest BCUT2D eigenvalue weighted by Gasteiger charge is -2.41. The normalized spacial score (nSPS) is 24.9. The fourth-order valence-electron chi connectivity index (χ4n) is 9.32. The van der Waals surface area contributed by atoms with Crippen molar-refractivity contribution in [1.29, 1.82) is 0 Å². The molecule has 2 aromatic rings. The van der Waals surface area contributed by atoms with Crippen LogP contribution in [0.1, 0.15) is 96.3 Å². The third kappa shape index (κ3) is 14.6. The number of allylic oxidation sites excluding steroid dienone is 3. The number of hydrogen-bond acceptors (Lipinski definition) is 14. The van der Waals surface area contributed by atoms with E-state index in [0.717, 1.165) is 11.1 Å². The number of ether oxygens (including phenoxy) is 5. The van der Waals surface area contributed by atoms with Crippen molar-refractivity contribution in [2.24, 2.45) is 23.3 Å². The highest BCUT2D eigenvalue weighted by Crippen LogP contribution is 2.55. The SMILES string of the molecule is CCc1c(O)cc2cc1N(C)C(=O)CC1OC(=O)[C@@H](N(C)C(=O)CCCCCNC(=O)OCc3ccc(NC(=O)CNC(=O)C(N)C(C)C)cc3)C3(OC13)C(C)C(OC(N)=O)CCC(OC)/C=C/C=C(\C)C2. The molecule has 3 heterocycles. The number of anilines is 2. The lowest BCUT2D eigenvalue weighted by atomic mass is 9.75. The molecule has 8 N–H and O–H groups in total. The lowest BCUT2D eigenvalue weighted by molar-refractivity contribution is -0.168. The minimum atomic E-state index is -1.43. The van der Waals surface area contributed by atoms with Gasteiger partial charge >= 0.3 is 18.2 Å². The first-order chi connectivity index (χ1) is 34.2. The maximum Gasteiger partial charge on any atom is 0.407 e. The number of hydrogen-bond donors (Lipinski definition) is 6. The van der Waals surface area contributed by atoms with Crippen LogP contribution in [0.15, 0.2) is 60.2 Å². The smallest absolute Gasteiger partial charge is 0.407 e. The van der Waals surface area contributed by atoms with E-state index in [9.17, 15) is 38.7 Å². The van der Waals surface area contributed by atoms with Gasteiger partial charge in [-0.05, 0) is 86.8 Å². The molecule has 7 unspecified atom stereocenters. The highest BCUT2D eigenvalue weighted by atomic mass is 16.7. The number of epoxide rings is 1. The first-order valence-corrected chi connectivity index (χ1v) is 24.6. The molecule has 20 nitrogen and oxygen atoms in total. The van der Waals surface area contributed by atoms with Gasteiger partial charge in [0.05, 0.1) is 30.8 Å². The fourth-order valence-corrected chi connectivity index (χ4v) is 9.32. The lowest BCUT2D eigenvalue weighted by Crippen LogP contribution is -2.62. The average molecular weight is 1000 g/mol. The van der Waals surface area contributed by atoms with Crippen LogP contribution in [0.4, 0.5) is 21.0 Å². The van der Waals surface area contributed by atoms with E-state index < -0.39 is 83.9 Å². The molecule has 0 radical (unpaired) electrons. The van der Waals surface area contributed by atoms with Crippen LogP contribution in [0.3, 0.4) is 0 Å². The second kappa shape index (κ2) is 25.7. The Bertz CT molecular complexity index is 2340. The molecular formula is C52H73N7O13. The van der Waals surface area contributed by atoms with Crippen molar-refractivity contribution in [2.45, 2.75) is 141 Å². The fraction of sp³-hybridized carbons (Fsp3) is 0.558. The molecule has 20 heteroatoms. The number of nitrogens with one attached hydrogen (secondary N) is 3. The zero-order chi connectivity index (χ0) is 52.9. The van der Waals surface area contributed by atoms with E-state index in [0.29, 0.717) is 61.0 Å². The van der Waals surface area contributed by atoms with Gasteiger partial charge in [-0.2, -0.15) is 0 Å². The van der Waals surface area contributed by atoms with Crippen LogP contribution in [0.5, 0.6) is 5.75 Å². The van der Waals surface area contributed by atoms with Crippen LogP contribution in [-0.4, -0.2) is 128 Å². The molecule has 3 aliphatic rings. The van der Waals surface area contributed by atoms with E-state index in [2.05, 4.69) is 16.0 Å². The number of carbonyl (C=O) groups excluding carboxylic acids is 7. The van der Waals surface area contributed by atoms with Crippen LogP contribution >= 0.6 is 0 Å². The Morgan fingerprint density at radius 3 is 2.43 bits per heavy atom. The molecule has 4 bridgehead atoms. The predicted octanol–water partition coefficient (Wildman–Crippen LogP) is 4.68. The van der Waals surface area contributed by atoms with E-state index >= 15 is 0 Å². The quantitative estimate of drug-likeness (QED) is 0.0544. The van der Waals surface area contributed by atoms with Gasteiger partial charge in [-0.25, -0.2) is 14.4 Å². The molecule has 72 heavy (non-hydrogen) atoms. The van der Waals surface area contributed by atoms with Crippen LogP contribution in [0, 0.1) is 11.8 Å². The number of alkyl carbamates (subject to hydrolysis) is 1. The number of fused-ring (bicyclic) bond motifs is 2. The molecule has 394 valence electrons. The monoisotopic (exact) mass is 1000 g/mol. The van der Waals surface area contributed by atoms with Crippen molar-refractivity contribution in [3.8, 4) is 5.75 Å². The Balaban J connectivity index is 1.19. The van der Waals surface area contributed by atoms with Gasteiger partial charge in [-0.15, -0.1) is 0 Å². The molecular weight excluding hydrogens is 931 g/mol. The van der Waals surface area contributed by atoms with Gasteiger partial charge in [0.15, 0.2) is 6.04 Å². The molecule has 5 rings (SSSR count). The van der Waals surface area contributed by atoms with Crippen LogP contribution in [-0.2, 0) is 67.1 Å². The van der Waals surface area contributed by atoms with Gasteiger partial charge in [-0.3, -0.25) is 19.2 Å². The first-order valence-electron chi connectivity index (χ1n) is 24.6. The molecule has 8 atom stereocenters. The molecule has 0 aromatic heterocycles. The van der Waals surface area contributed by atoms with E-state index in [1.807, 2.05) is 52.0 Å². The molecule has 3 aliphatic heterocycles. The van der Waals surface area contributed by atoms with Crippen LogP contribution in [0.2, 0.25) is 0 Å². The molecule has 2 saturated heterocycles. The molecule has 0 saturated carbocycles. The average Bonchev–Trinajstić information content (AvgIpc) is 4.10. The van der Waals surface area contributed by atoms with Gasteiger partial charge in [-0.1, -0.05) is 70.0 Å². The number of amides is 6. The number of methoxy groups -OCH3 is 1. The number of rotatable bonds is 17. The van der Waals surface area contributed by atoms with Crippen molar-refractivity contribution in [3.05, 3.63) is 76.9 Å². The summed E-state index contributed by atoms with van der Waals surface area (Å²) in [6, 6.07) is 8.25. The second-order valence-corrected chi connectivity index (χ2v) is 19.1. The maximum absolute atomic E-state index is 14.3. The standard InChI is InChI=1S/C52H73N7O13/c1-9-37-38-25-34(26-39(37)60)24-31(4)14-13-15-36(68-8)21-22-40(71-50(54)66)32(5)52-46(49(65)70-41(47(52)72-52)27-44(63)58(38)6)59(7)43(62)16-11-10-12-23-55-51(67)69-29-33-17-19-35(20-18-33)57-42(61)28-56-48(64)45(53)30(2)3/h13-15,17-20,25-26,30,32,36,40-41,45-47,60H,9-12,16,21-24,27-29,53H2,1-8H3,(H2,54,66)(H,55,67)(H,56,64)(H,57,61)/b15-13+,31-14+/t32?,36?,40?,41?,45?,46-,47?,52?/m1/s1. The maximum atomic E-state index is 14.3. The highest BCUT2D eigenvalue weighted by Gasteiger charge is 2.75. The van der Waals surface area contributed by atoms with Crippen molar-refractivity contribution >= 4 is 53.2 Å². The summed E-state index contributed by atoms with van der Waals surface area (Å²) in [5.41, 5.74) is 14.0. The highest BCUT2D eigenvalue weighted by molar-refractivity contribution is 5.96. The Hall–Kier alpha value is -6.51. The van der Waals surface area contributed by atoms with Crippen molar-refractivity contribution in [3.63, 3.8) is 0 Å².